The van der Waals surface area contributed by atoms with Crippen LogP contribution in [0, 0.1) is 19.8 Å². The van der Waals surface area contributed by atoms with E-state index in [-0.39, 0.29) is 29.0 Å². The summed E-state index contributed by atoms with van der Waals surface area (Å²) in [6, 6.07) is 7.65. The van der Waals surface area contributed by atoms with Crippen LogP contribution < -0.4 is 4.87 Å². The number of nitrogens with zero attached hydrogens (tertiary/aromatic N) is 2. The minimum absolute atomic E-state index is 0.0302. The van der Waals surface area contributed by atoms with Gasteiger partial charge in [0.25, 0.3) is 0 Å². The van der Waals surface area contributed by atoms with Crippen LogP contribution in [0.3, 0.4) is 0 Å². The van der Waals surface area contributed by atoms with Crippen LogP contribution in [0.1, 0.15) is 34.5 Å². The Balaban J connectivity index is 1.58. The summed E-state index contributed by atoms with van der Waals surface area (Å²) >= 11 is 1.11. The molecule has 1 amide bonds. The fraction of sp³-hybridized carbons (Fsp3) is 0.421. The highest BCUT2D eigenvalue weighted by Gasteiger charge is 2.28. The molecule has 1 aliphatic heterocycles. The molecule has 6 heteroatoms. The lowest BCUT2D eigenvalue weighted by molar-refractivity contribution is -0.133. The molecular weight excluding hydrogens is 336 g/mol. The predicted octanol–water partition coefficient (Wildman–Crippen LogP) is 2.65. The number of ketones is 1. The Morgan fingerprint density at radius 2 is 1.76 bits per heavy atom. The predicted molar refractivity (Wildman–Crippen MR) is 98.1 cm³/mol. The maximum atomic E-state index is 12.6. The Bertz CT molecular complexity index is 827. The minimum atomic E-state index is -0.102. The average molecular weight is 358 g/mol. The molecule has 132 valence electrons. The van der Waals surface area contributed by atoms with Gasteiger partial charge >= 0.3 is 4.87 Å². The molecule has 1 fully saturated rings. The average Bonchev–Trinajstić information content (AvgIpc) is 2.94. The van der Waals surface area contributed by atoms with Gasteiger partial charge in [0.05, 0.1) is 0 Å². The monoisotopic (exact) mass is 358 g/mol. The highest BCUT2D eigenvalue weighted by molar-refractivity contribution is 7.07. The van der Waals surface area contributed by atoms with E-state index in [0.717, 1.165) is 28.2 Å². The number of rotatable bonds is 4. The van der Waals surface area contributed by atoms with Gasteiger partial charge in [0.15, 0.2) is 5.78 Å². The van der Waals surface area contributed by atoms with Gasteiger partial charge in [-0.1, -0.05) is 41.2 Å². The van der Waals surface area contributed by atoms with Crippen molar-refractivity contribution >= 4 is 23.0 Å². The molecule has 1 saturated heterocycles. The van der Waals surface area contributed by atoms with E-state index in [1.807, 2.05) is 38.1 Å². The van der Waals surface area contributed by atoms with E-state index in [2.05, 4.69) is 0 Å². The zero-order chi connectivity index (χ0) is 18.0. The molecule has 0 N–H and O–H groups in total. The summed E-state index contributed by atoms with van der Waals surface area (Å²) in [7, 11) is 0. The number of aryl methyl sites for hydroxylation is 2. The maximum Gasteiger partial charge on any atom is 0.307 e. The molecule has 0 bridgehead atoms. The summed E-state index contributed by atoms with van der Waals surface area (Å²) in [5.41, 5.74) is 2.69. The van der Waals surface area contributed by atoms with Crippen LogP contribution in [0.2, 0.25) is 0 Å². The Labute approximate surface area is 150 Å². The van der Waals surface area contributed by atoms with Crippen molar-refractivity contribution in [1.82, 2.24) is 9.47 Å². The van der Waals surface area contributed by atoms with Gasteiger partial charge in [-0.2, -0.15) is 0 Å². The van der Waals surface area contributed by atoms with Gasteiger partial charge in [-0.05, 0) is 26.7 Å². The molecule has 0 atom stereocenters. The lowest BCUT2D eigenvalue weighted by Gasteiger charge is -2.31. The number of hydrogen-bond donors (Lipinski definition) is 0. The number of amides is 1. The summed E-state index contributed by atoms with van der Waals surface area (Å²) in [4.78, 5) is 38.4. The number of hydrogen-bond acceptors (Lipinski definition) is 4. The molecule has 1 aromatic carbocycles. The van der Waals surface area contributed by atoms with Gasteiger partial charge in [-0.15, -0.1) is 0 Å². The van der Waals surface area contributed by atoms with E-state index in [1.54, 1.807) is 10.3 Å². The first-order chi connectivity index (χ1) is 12.0. The number of carbonyl (C=O) groups is 2. The van der Waals surface area contributed by atoms with Crippen molar-refractivity contribution in [3.05, 3.63) is 56.1 Å². The van der Waals surface area contributed by atoms with Crippen LogP contribution in [0.15, 0.2) is 34.4 Å². The van der Waals surface area contributed by atoms with Crippen molar-refractivity contribution in [2.45, 2.75) is 33.2 Å². The van der Waals surface area contributed by atoms with Gasteiger partial charge in [-0.25, -0.2) is 0 Å². The van der Waals surface area contributed by atoms with Gasteiger partial charge in [0, 0.05) is 35.6 Å². The normalized spacial score (nSPS) is 15.4. The third kappa shape index (κ3) is 3.90. The van der Waals surface area contributed by atoms with E-state index in [9.17, 15) is 14.4 Å². The third-order valence-electron chi connectivity index (χ3n) is 4.82. The van der Waals surface area contributed by atoms with E-state index < -0.39 is 0 Å². The molecule has 25 heavy (non-hydrogen) atoms. The number of piperidine rings is 1. The number of likely N-dealkylation sites (tertiary alicyclic amines) is 1. The van der Waals surface area contributed by atoms with Crippen molar-refractivity contribution in [1.29, 1.82) is 0 Å². The molecule has 3 rings (SSSR count). The van der Waals surface area contributed by atoms with E-state index in [1.165, 1.54) is 4.57 Å². The lowest BCUT2D eigenvalue weighted by atomic mass is 9.88. The Morgan fingerprint density at radius 1 is 1.12 bits per heavy atom. The second kappa shape index (κ2) is 7.35. The highest BCUT2D eigenvalue weighted by atomic mass is 32.1. The summed E-state index contributed by atoms with van der Waals surface area (Å²) in [6.07, 6.45) is 1.35. The summed E-state index contributed by atoms with van der Waals surface area (Å²) in [5, 5.41) is 1.77. The number of carbonyl (C=O) groups excluding carboxylic acids is 2. The highest BCUT2D eigenvalue weighted by Crippen LogP contribution is 2.22. The SMILES string of the molecule is Cc1ccc(C(=O)C2CCN(C(=O)Cn3c(C)csc3=O)CC2)cc1. The van der Waals surface area contributed by atoms with Crippen molar-refractivity contribution in [3.8, 4) is 0 Å². The molecule has 1 aliphatic rings. The Kier molecular flexibility index (Phi) is 5.18. The van der Waals surface area contributed by atoms with Crippen LogP contribution >= 0.6 is 11.3 Å². The molecule has 0 radical (unpaired) electrons. The second-order valence-electron chi connectivity index (χ2n) is 6.61. The zero-order valence-corrected chi connectivity index (χ0v) is 15.3. The molecule has 2 heterocycles. The number of aromatic nitrogens is 1. The second-order valence-corrected chi connectivity index (χ2v) is 7.44. The fourth-order valence-corrected chi connectivity index (χ4v) is 3.91. The van der Waals surface area contributed by atoms with Crippen molar-refractivity contribution < 1.29 is 9.59 Å². The Hall–Kier alpha value is -2.21. The first-order valence-corrected chi connectivity index (χ1v) is 9.37. The quantitative estimate of drug-likeness (QED) is 0.790. The third-order valence-corrected chi connectivity index (χ3v) is 5.71. The molecule has 0 spiro atoms. The minimum Gasteiger partial charge on any atom is -0.341 e. The zero-order valence-electron chi connectivity index (χ0n) is 14.5. The van der Waals surface area contributed by atoms with Gasteiger partial charge in [-0.3, -0.25) is 19.0 Å². The molecule has 0 unspecified atom stereocenters. The smallest absolute Gasteiger partial charge is 0.307 e. The maximum absolute atomic E-state index is 12.6. The first kappa shape index (κ1) is 17.6. The molecular formula is C19H22N2O3S. The largest absolute Gasteiger partial charge is 0.341 e. The number of Topliss-reactive ketones (excluding diaryl/α,β-unsaturated/α-hetero) is 1. The number of benzene rings is 1. The first-order valence-electron chi connectivity index (χ1n) is 8.49. The van der Waals surface area contributed by atoms with Crippen molar-refractivity contribution in [3.63, 3.8) is 0 Å². The van der Waals surface area contributed by atoms with Gasteiger partial charge in [0.1, 0.15) is 6.54 Å². The van der Waals surface area contributed by atoms with E-state index in [4.69, 9.17) is 0 Å². The van der Waals surface area contributed by atoms with Crippen molar-refractivity contribution in [2.75, 3.05) is 13.1 Å². The summed E-state index contributed by atoms with van der Waals surface area (Å²) in [5.74, 6) is 0.0826. The van der Waals surface area contributed by atoms with Crippen LogP contribution in [-0.2, 0) is 11.3 Å². The van der Waals surface area contributed by atoms with Gasteiger partial charge in [0.2, 0.25) is 5.91 Å². The number of thiazole rings is 1. The van der Waals surface area contributed by atoms with Gasteiger partial charge < -0.3 is 4.90 Å². The molecule has 0 saturated carbocycles. The van der Waals surface area contributed by atoms with Crippen LogP contribution in [-0.4, -0.2) is 34.2 Å². The fourth-order valence-electron chi connectivity index (χ4n) is 3.18. The Morgan fingerprint density at radius 3 is 2.32 bits per heavy atom. The van der Waals surface area contributed by atoms with Crippen LogP contribution in [0.25, 0.3) is 0 Å². The molecule has 5 nitrogen and oxygen atoms in total. The topological polar surface area (TPSA) is 59.4 Å². The molecule has 2 aromatic rings. The van der Waals surface area contributed by atoms with Crippen molar-refractivity contribution in [2.24, 2.45) is 5.92 Å². The van der Waals surface area contributed by atoms with E-state index in [0.29, 0.717) is 25.9 Å². The lowest BCUT2D eigenvalue weighted by Crippen LogP contribution is -2.42. The molecule has 0 aliphatic carbocycles. The summed E-state index contributed by atoms with van der Waals surface area (Å²) in [6.45, 7) is 5.05. The molecule has 1 aromatic heterocycles. The van der Waals surface area contributed by atoms with Crippen LogP contribution in [0.4, 0.5) is 0 Å². The standard InChI is InChI=1S/C19H22N2O3S/c1-13-3-5-15(6-4-13)18(23)16-7-9-20(10-8-16)17(22)11-21-14(2)12-25-19(21)24/h3-6,12,16H,7-11H2,1-2H3. The summed E-state index contributed by atoms with van der Waals surface area (Å²) < 4.78 is 1.51. The van der Waals surface area contributed by atoms with Crippen LogP contribution in [0.5, 0.6) is 0 Å². The van der Waals surface area contributed by atoms with E-state index >= 15 is 0 Å².